The molecule has 10 heteroatoms. The second kappa shape index (κ2) is 10.9. The molecule has 148 valence electrons. The fourth-order valence-electron chi connectivity index (χ4n) is 3.22. The van der Waals surface area contributed by atoms with Crippen LogP contribution < -0.4 is 10.0 Å². The molecular weight excluding hydrogens is 457 g/mol. The van der Waals surface area contributed by atoms with Crippen molar-refractivity contribution in [2.24, 2.45) is 4.99 Å². The summed E-state index contributed by atoms with van der Waals surface area (Å²) in [7, 11) is -1.50. The van der Waals surface area contributed by atoms with E-state index in [9.17, 15) is 8.42 Å². The number of likely N-dealkylation sites (tertiary alicyclic amines) is 1. The van der Waals surface area contributed by atoms with Gasteiger partial charge in [-0.25, -0.2) is 13.1 Å². The third kappa shape index (κ3) is 7.53. The molecule has 1 unspecified atom stereocenters. The van der Waals surface area contributed by atoms with E-state index in [-0.39, 0.29) is 35.8 Å². The van der Waals surface area contributed by atoms with Crippen LogP contribution in [0.1, 0.15) is 20.3 Å². The van der Waals surface area contributed by atoms with Crippen molar-refractivity contribution >= 4 is 40.0 Å². The fraction of sp³-hybridized carbons (Fsp3) is 0.933. The zero-order valence-electron chi connectivity index (χ0n) is 15.4. The third-order valence-corrected chi connectivity index (χ3v) is 5.88. The maximum absolute atomic E-state index is 11.9. The van der Waals surface area contributed by atoms with Crippen LogP contribution in [-0.4, -0.2) is 95.0 Å². The Labute approximate surface area is 168 Å². The number of ether oxygens (including phenoxy) is 1. The minimum Gasteiger partial charge on any atom is -0.379 e. The van der Waals surface area contributed by atoms with E-state index in [2.05, 4.69) is 24.8 Å². The number of nitrogens with one attached hydrogen (secondary N) is 2. The van der Waals surface area contributed by atoms with Crippen molar-refractivity contribution in [2.75, 3.05) is 58.7 Å². The molecule has 0 radical (unpaired) electrons. The topological polar surface area (TPSA) is 86.3 Å². The zero-order valence-corrected chi connectivity index (χ0v) is 18.5. The first-order valence-corrected chi connectivity index (χ1v) is 10.3. The van der Waals surface area contributed by atoms with Gasteiger partial charge in [0.05, 0.1) is 19.0 Å². The molecule has 2 N–H and O–H groups in total. The lowest BCUT2D eigenvalue weighted by molar-refractivity contribution is 0.0195. The van der Waals surface area contributed by atoms with Gasteiger partial charge in [0.15, 0.2) is 5.96 Å². The largest absolute Gasteiger partial charge is 0.379 e. The van der Waals surface area contributed by atoms with Gasteiger partial charge in [0.2, 0.25) is 10.0 Å². The Morgan fingerprint density at radius 2 is 1.96 bits per heavy atom. The number of morpholine rings is 1. The Kier molecular flexibility index (Phi) is 9.93. The van der Waals surface area contributed by atoms with Gasteiger partial charge in [-0.15, -0.1) is 24.0 Å². The second-order valence-corrected chi connectivity index (χ2v) is 8.48. The van der Waals surface area contributed by atoms with Gasteiger partial charge >= 0.3 is 0 Å². The van der Waals surface area contributed by atoms with Crippen LogP contribution in [0.15, 0.2) is 4.99 Å². The van der Waals surface area contributed by atoms with Crippen LogP contribution >= 0.6 is 24.0 Å². The molecular formula is C15H32IN5O3S. The van der Waals surface area contributed by atoms with Gasteiger partial charge in [-0.05, 0) is 20.3 Å². The molecule has 25 heavy (non-hydrogen) atoms. The summed E-state index contributed by atoms with van der Waals surface area (Å²) in [6.45, 7) is 9.46. The molecule has 1 atom stereocenters. The lowest BCUT2D eigenvalue weighted by atomic mass is 10.2. The molecule has 0 spiro atoms. The van der Waals surface area contributed by atoms with Crippen LogP contribution in [0.5, 0.6) is 0 Å². The maximum atomic E-state index is 11.9. The van der Waals surface area contributed by atoms with E-state index in [0.29, 0.717) is 12.6 Å². The molecule has 0 amide bonds. The summed E-state index contributed by atoms with van der Waals surface area (Å²) >= 11 is 0. The molecule has 0 aromatic carbocycles. The highest BCUT2D eigenvalue weighted by Gasteiger charge is 2.30. The van der Waals surface area contributed by atoms with Crippen molar-refractivity contribution in [3.8, 4) is 0 Å². The van der Waals surface area contributed by atoms with Gasteiger partial charge in [-0.2, -0.15) is 0 Å². The summed E-state index contributed by atoms with van der Waals surface area (Å²) in [4.78, 5) is 8.99. The monoisotopic (exact) mass is 489 g/mol. The van der Waals surface area contributed by atoms with Crippen LogP contribution in [-0.2, 0) is 14.8 Å². The first kappa shape index (κ1) is 22.9. The summed E-state index contributed by atoms with van der Waals surface area (Å²) < 4.78 is 31.7. The predicted molar refractivity (Wildman–Crippen MR) is 111 cm³/mol. The van der Waals surface area contributed by atoms with Crippen molar-refractivity contribution in [1.82, 2.24) is 19.8 Å². The average molecular weight is 489 g/mol. The lowest BCUT2D eigenvalue weighted by Crippen LogP contribution is -2.47. The Balaban J connectivity index is 0.00000312. The summed E-state index contributed by atoms with van der Waals surface area (Å²) in [6.07, 6.45) is 1.11. The SMILES string of the molecule is CN=C(NCCS(=O)(=O)NC(C)C)N1CCC(N2CCOCC2)C1.I. The quantitative estimate of drug-likeness (QED) is 0.308. The number of rotatable bonds is 6. The van der Waals surface area contributed by atoms with Gasteiger partial charge in [0, 0.05) is 51.9 Å². The highest BCUT2D eigenvalue weighted by atomic mass is 127. The Bertz CT molecular complexity index is 523. The number of nitrogens with zero attached hydrogens (tertiary/aromatic N) is 3. The molecule has 2 aliphatic rings. The normalized spacial score (nSPS) is 23.0. The van der Waals surface area contributed by atoms with E-state index < -0.39 is 10.0 Å². The number of guanidine groups is 1. The molecule has 2 saturated heterocycles. The maximum Gasteiger partial charge on any atom is 0.213 e. The molecule has 2 rings (SSSR count). The Morgan fingerprint density at radius 1 is 1.28 bits per heavy atom. The number of hydrogen-bond donors (Lipinski definition) is 2. The molecule has 2 heterocycles. The molecule has 0 saturated carbocycles. The number of aliphatic imine (C=N–C) groups is 1. The van der Waals surface area contributed by atoms with E-state index in [1.165, 1.54) is 0 Å². The zero-order chi connectivity index (χ0) is 17.6. The van der Waals surface area contributed by atoms with Crippen molar-refractivity contribution in [1.29, 1.82) is 0 Å². The van der Waals surface area contributed by atoms with Crippen LogP contribution in [0, 0.1) is 0 Å². The number of halogens is 1. The van der Waals surface area contributed by atoms with Crippen LogP contribution in [0.2, 0.25) is 0 Å². The van der Waals surface area contributed by atoms with Gasteiger partial charge in [-0.3, -0.25) is 9.89 Å². The molecule has 0 bridgehead atoms. The minimum atomic E-state index is -3.24. The summed E-state index contributed by atoms with van der Waals surface area (Å²) in [6, 6.07) is 0.445. The van der Waals surface area contributed by atoms with Crippen molar-refractivity contribution < 1.29 is 13.2 Å². The van der Waals surface area contributed by atoms with Gasteiger partial charge in [-0.1, -0.05) is 0 Å². The van der Waals surface area contributed by atoms with Crippen molar-refractivity contribution in [3.05, 3.63) is 0 Å². The highest BCUT2D eigenvalue weighted by molar-refractivity contribution is 14.0. The van der Waals surface area contributed by atoms with Gasteiger partial charge in [0.25, 0.3) is 0 Å². The van der Waals surface area contributed by atoms with Crippen molar-refractivity contribution in [3.63, 3.8) is 0 Å². The fourth-order valence-corrected chi connectivity index (χ4v) is 4.43. The smallest absolute Gasteiger partial charge is 0.213 e. The van der Waals surface area contributed by atoms with Crippen LogP contribution in [0.3, 0.4) is 0 Å². The Hall–Kier alpha value is -0.170. The van der Waals surface area contributed by atoms with Gasteiger partial charge < -0.3 is 15.0 Å². The summed E-state index contributed by atoms with van der Waals surface area (Å²) in [5.41, 5.74) is 0. The van der Waals surface area contributed by atoms with E-state index in [1.807, 2.05) is 13.8 Å². The molecule has 2 aliphatic heterocycles. The highest BCUT2D eigenvalue weighted by Crippen LogP contribution is 2.16. The van der Waals surface area contributed by atoms with Crippen LogP contribution in [0.4, 0.5) is 0 Å². The number of sulfonamides is 1. The van der Waals surface area contributed by atoms with Gasteiger partial charge in [0.1, 0.15) is 0 Å². The van der Waals surface area contributed by atoms with E-state index in [1.54, 1.807) is 7.05 Å². The summed E-state index contributed by atoms with van der Waals surface area (Å²) in [5.74, 6) is 0.829. The first-order valence-electron chi connectivity index (χ1n) is 8.68. The van der Waals surface area contributed by atoms with E-state index >= 15 is 0 Å². The van der Waals surface area contributed by atoms with E-state index in [0.717, 1.165) is 51.8 Å². The second-order valence-electron chi connectivity index (χ2n) is 6.60. The third-order valence-electron chi connectivity index (χ3n) is 4.31. The molecule has 2 fully saturated rings. The van der Waals surface area contributed by atoms with Crippen LogP contribution in [0.25, 0.3) is 0 Å². The standard InChI is InChI=1S/C15H31N5O3S.HI/c1-13(2)18-24(21,22)11-5-17-15(16-3)20-6-4-14(12-20)19-7-9-23-10-8-19;/h13-14,18H,4-12H2,1-3H3,(H,16,17);1H. The minimum absolute atomic E-state index is 0. The Morgan fingerprint density at radius 3 is 2.56 bits per heavy atom. The number of hydrogen-bond acceptors (Lipinski definition) is 5. The van der Waals surface area contributed by atoms with Crippen molar-refractivity contribution in [2.45, 2.75) is 32.4 Å². The average Bonchev–Trinajstić information content (AvgIpc) is 3.01. The van der Waals surface area contributed by atoms with E-state index in [4.69, 9.17) is 4.74 Å². The first-order chi connectivity index (χ1) is 11.4. The molecule has 8 nitrogen and oxygen atoms in total. The molecule has 0 aromatic rings. The lowest BCUT2D eigenvalue weighted by Gasteiger charge is -2.32. The summed E-state index contributed by atoms with van der Waals surface area (Å²) in [5, 5.41) is 3.18. The molecule has 0 aromatic heterocycles. The molecule has 0 aliphatic carbocycles. The predicted octanol–water partition coefficient (Wildman–Crippen LogP) is -0.0859.